The third kappa shape index (κ3) is 27.7. The van der Waals surface area contributed by atoms with Crippen molar-refractivity contribution in [2.75, 3.05) is 6.54 Å². The first-order valence-corrected chi connectivity index (χ1v) is 11.8. The van der Waals surface area contributed by atoms with Crippen LogP contribution in [0.4, 0.5) is 0 Å². The molecule has 0 aliphatic carbocycles. The summed E-state index contributed by atoms with van der Waals surface area (Å²) in [5.74, 6) is -0.607. The van der Waals surface area contributed by atoms with E-state index in [2.05, 4.69) is 24.4 Å². The Morgan fingerprint density at radius 2 is 1.17 bits per heavy atom. The molecule has 0 atom stereocenters. The second-order valence-electron chi connectivity index (χ2n) is 7.89. The molecule has 4 nitrogen and oxygen atoms in total. The third-order valence-electron chi connectivity index (χ3n) is 5.06. The first kappa shape index (κ1) is 30.9. The molecule has 0 aromatic carbocycles. The van der Waals surface area contributed by atoms with Crippen LogP contribution in [-0.2, 0) is 9.59 Å². The molecule has 0 saturated carbocycles. The van der Waals surface area contributed by atoms with Gasteiger partial charge in [0.2, 0.25) is 5.91 Å². The van der Waals surface area contributed by atoms with Gasteiger partial charge in [-0.1, -0.05) is 76.9 Å². The molecule has 0 heterocycles. The maximum absolute atomic E-state index is 11.7. The van der Waals surface area contributed by atoms with Crippen molar-refractivity contribution in [3.63, 3.8) is 0 Å². The number of amides is 1. The number of nitrogens with one attached hydrogen (secondary N) is 1. The first-order chi connectivity index (χ1) is 13.7. The van der Waals surface area contributed by atoms with Crippen LogP contribution in [0.15, 0.2) is 12.2 Å². The van der Waals surface area contributed by atoms with Crippen LogP contribution in [0.3, 0.4) is 0 Å². The van der Waals surface area contributed by atoms with E-state index in [1.807, 2.05) is 0 Å². The predicted molar refractivity (Wildman–Crippen MR) is 119 cm³/mol. The Morgan fingerprint density at radius 1 is 0.690 bits per heavy atom. The van der Waals surface area contributed by atoms with Gasteiger partial charge in [-0.3, -0.25) is 9.59 Å². The molecule has 0 saturated heterocycles. The number of carbonyl (C=O) groups excluding carboxylic acids is 1. The fourth-order valence-electron chi connectivity index (χ4n) is 3.25. The fourth-order valence-corrected chi connectivity index (χ4v) is 3.25. The van der Waals surface area contributed by atoms with E-state index in [0.717, 1.165) is 25.7 Å². The van der Waals surface area contributed by atoms with Gasteiger partial charge in [0.05, 0.1) is 0 Å². The number of rotatable bonds is 21. The molecule has 0 aliphatic rings. The normalized spacial score (nSPS) is 10.8. The molecule has 0 radical (unpaired) electrons. The Bertz CT molecular complexity index is 400. The van der Waals surface area contributed by atoms with Crippen LogP contribution < -0.4 is 34.9 Å². The molecule has 0 aromatic heterocycles. The summed E-state index contributed by atoms with van der Waals surface area (Å²) in [4.78, 5) is 22.1. The molecule has 5 heteroatoms. The van der Waals surface area contributed by atoms with Gasteiger partial charge in [-0.15, -0.1) is 0 Å². The van der Waals surface area contributed by atoms with E-state index in [1.54, 1.807) is 0 Å². The van der Waals surface area contributed by atoms with Crippen molar-refractivity contribution >= 4 is 11.9 Å². The fraction of sp³-hybridized carbons (Fsp3) is 0.833. The number of carbonyl (C=O) groups is 2. The summed E-state index contributed by atoms with van der Waals surface area (Å²) >= 11 is 0. The van der Waals surface area contributed by atoms with Gasteiger partial charge in [0.1, 0.15) is 0 Å². The van der Waals surface area contributed by atoms with Gasteiger partial charge in [0.15, 0.2) is 0 Å². The summed E-state index contributed by atoms with van der Waals surface area (Å²) in [6, 6.07) is 0. The van der Waals surface area contributed by atoms with Crippen molar-refractivity contribution in [1.82, 2.24) is 5.32 Å². The number of aliphatic carboxylic acids is 1. The number of hydrogen-bond donors (Lipinski definition) is 2. The van der Waals surface area contributed by atoms with Crippen molar-refractivity contribution in [1.29, 1.82) is 0 Å². The second-order valence-corrected chi connectivity index (χ2v) is 7.89. The van der Waals surface area contributed by atoms with Crippen molar-refractivity contribution in [3.8, 4) is 0 Å². The van der Waals surface area contributed by atoms with Gasteiger partial charge in [-0.05, 0) is 44.9 Å². The maximum Gasteiger partial charge on any atom is 1.00 e. The maximum atomic E-state index is 11.7. The summed E-state index contributed by atoms with van der Waals surface area (Å²) < 4.78 is 0. The molecule has 0 spiro atoms. The zero-order chi connectivity index (χ0) is 20.7. The van der Waals surface area contributed by atoms with Crippen LogP contribution >= 0.6 is 0 Å². The van der Waals surface area contributed by atoms with Gasteiger partial charge in [0.25, 0.3) is 0 Å². The number of hydrogen-bond acceptors (Lipinski definition) is 2. The first-order valence-electron chi connectivity index (χ1n) is 11.8. The number of unbranched alkanes of at least 4 members (excludes halogenated alkanes) is 13. The van der Waals surface area contributed by atoms with Crippen LogP contribution in [0.1, 0.15) is 122 Å². The minimum atomic E-state index is -0.742. The molecule has 164 valence electrons. The van der Waals surface area contributed by atoms with E-state index in [1.165, 1.54) is 70.6 Å². The van der Waals surface area contributed by atoms with Crippen LogP contribution in [0, 0.1) is 0 Å². The van der Waals surface area contributed by atoms with E-state index in [0.29, 0.717) is 19.4 Å². The van der Waals surface area contributed by atoms with E-state index in [9.17, 15) is 9.59 Å². The van der Waals surface area contributed by atoms with Crippen LogP contribution in [0.2, 0.25) is 0 Å². The molecule has 0 aromatic rings. The summed E-state index contributed by atoms with van der Waals surface area (Å²) in [6.45, 7) is 2.93. The Balaban J connectivity index is 0. The minimum Gasteiger partial charge on any atom is -0.481 e. The van der Waals surface area contributed by atoms with E-state index >= 15 is 0 Å². The zero-order valence-corrected chi connectivity index (χ0v) is 21.4. The molecule has 0 unspecified atom stereocenters. The standard InChI is InChI=1S/C24H45NO3.Na/c1-2-3-4-5-6-7-8-9-10-11-12-13-14-15-17-20-23(26)25-22-19-16-18-21-24(27)28;/h9-10H,2-8,11-22H2,1H3,(H,25,26)(H,27,28);/q;+1/b10-9+;. The molecular weight excluding hydrogens is 373 g/mol. The summed E-state index contributed by atoms with van der Waals surface area (Å²) in [5.41, 5.74) is 0. The van der Waals surface area contributed by atoms with Crippen molar-refractivity contribution < 1.29 is 44.3 Å². The van der Waals surface area contributed by atoms with Gasteiger partial charge in [-0.25, -0.2) is 0 Å². The molecule has 0 aliphatic heterocycles. The molecule has 0 fully saturated rings. The topological polar surface area (TPSA) is 66.4 Å². The summed E-state index contributed by atoms with van der Waals surface area (Å²) in [6.07, 6.45) is 24.4. The Morgan fingerprint density at radius 3 is 1.76 bits per heavy atom. The minimum absolute atomic E-state index is 0. The SMILES string of the molecule is CCCCCCCC/C=C/CCCCCCCC(=O)NCCCCCC(=O)O.[Na+]. The monoisotopic (exact) mass is 418 g/mol. The van der Waals surface area contributed by atoms with Crippen molar-refractivity contribution in [3.05, 3.63) is 12.2 Å². The van der Waals surface area contributed by atoms with Gasteiger partial charge < -0.3 is 10.4 Å². The predicted octanol–water partition coefficient (Wildman–Crippen LogP) is 3.79. The number of carboxylic acid groups (broad SMARTS) is 1. The third-order valence-corrected chi connectivity index (χ3v) is 5.06. The summed E-state index contributed by atoms with van der Waals surface area (Å²) in [7, 11) is 0. The molecule has 1 amide bonds. The van der Waals surface area contributed by atoms with E-state index in [-0.39, 0.29) is 41.9 Å². The molecular formula is C24H45NNaO3+. The van der Waals surface area contributed by atoms with Crippen LogP contribution in [0.5, 0.6) is 0 Å². The summed E-state index contributed by atoms with van der Waals surface area (Å²) in [5, 5.41) is 11.5. The average Bonchev–Trinajstić information content (AvgIpc) is 2.67. The quantitative estimate of drug-likeness (QED) is 0.169. The van der Waals surface area contributed by atoms with Gasteiger partial charge in [0, 0.05) is 19.4 Å². The van der Waals surface area contributed by atoms with E-state index in [4.69, 9.17) is 5.11 Å². The van der Waals surface area contributed by atoms with Gasteiger partial charge in [-0.2, -0.15) is 0 Å². The molecule has 29 heavy (non-hydrogen) atoms. The largest absolute Gasteiger partial charge is 1.00 e. The van der Waals surface area contributed by atoms with E-state index < -0.39 is 5.97 Å². The Labute approximate surface area is 202 Å². The Hall–Kier alpha value is -0.320. The number of carboxylic acids is 1. The molecule has 2 N–H and O–H groups in total. The molecule has 0 bridgehead atoms. The van der Waals surface area contributed by atoms with Crippen molar-refractivity contribution in [2.45, 2.75) is 122 Å². The van der Waals surface area contributed by atoms with Crippen molar-refractivity contribution in [2.24, 2.45) is 0 Å². The zero-order valence-electron chi connectivity index (χ0n) is 19.4. The molecule has 0 rings (SSSR count). The second kappa shape index (κ2) is 25.7. The Kier molecular flexibility index (Phi) is 27.4. The van der Waals surface area contributed by atoms with Crippen LogP contribution in [0.25, 0.3) is 0 Å². The number of allylic oxidation sites excluding steroid dienone is 2. The average molecular weight is 419 g/mol. The van der Waals surface area contributed by atoms with Gasteiger partial charge >= 0.3 is 35.5 Å². The van der Waals surface area contributed by atoms with Crippen LogP contribution in [-0.4, -0.2) is 23.5 Å². The smallest absolute Gasteiger partial charge is 0.481 e.